The van der Waals surface area contributed by atoms with Crippen molar-refractivity contribution in [3.8, 4) is 17.9 Å². The second-order valence-electron chi connectivity index (χ2n) is 3.81. The maximum absolute atomic E-state index is 11.7. The van der Waals surface area contributed by atoms with Gasteiger partial charge in [-0.2, -0.15) is 10.5 Å². The summed E-state index contributed by atoms with van der Waals surface area (Å²) in [5.74, 6) is -0.703. The van der Waals surface area contributed by atoms with Crippen LogP contribution in [0.3, 0.4) is 0 Å². The quantitative estimate of drug-likeness (QED) is 0.772. The van der Waals surface area contributed by atoms with E-state index in [0.29, 0.717) is 5.56 Å². The van der Waals surface area contributed by atoms with Crippen molar-refractivity contribution in [2.75, 3.05) is 13.7 Å². The summed E-state index contributed by atoms with van der Waals surface area (Å²) < 4.78 is 10.1. The Labute approximate surface area is 112 Å². The molecule has 0 aliphatic carbocycles. The number of nitrogens with zero attached hydrogens (tertiary/aromatic N) is 2. The molecule has 0 spiro atoms. The van der Waals surface area contributed by atoms with Gasteiger partial charge in [-0.05, 0) is 19.9 Å². The molecule has 0 fully saturated rings. The van der Waals surface area contributed by atoms with Crippen LogP contribution < -0.4 is 4.74 Å². The van der Waals surface area contributed by atoms with Gasteiger partial charge in [0.15, 0.2) is 0 Å². The van der Waals surface area contributed by atoms with Gasteiger partial charge in [0, 0.05) is 5.56 Å². The normalized spacial score (nSPS) is 11.0. The zero-order chi connectivity index (χ0) is 14.4. The first kappa shape index (κ1) is 14.5. The lowest BCUT2D eigenvalue weighted by Gasteiger charge is -2.16. The number of esters is 1. The Bertz CT molecular complexity index is 567. The van der Waals surface area contributed by atoms with Gasteiger partial charge in [-0.1, -0.05) is 6.07 Å². The number of nitriles is 2. The van der Waals surface area contributed by atoms with Crippen LogP contribution in [0.15, 0.2) is 12.1 Å². The number of benzene rings is 1. The largest absolute Gasteiger partial charge is 0.495 e. The van der Waals surface area contributed by atoms with Crippen LogP contribution in [0.5, 0.6) is 5.75 Å². The van der Waals surface area contributed by atoms with Crippen molar-refractivity contribution in [1.29, 1.82) is 10.5 Å². The lowest BCUT2D eigenvalue weighted by molar-refractivity contribution is -0.144. The maximum atomic E-state index is 11.7. The number of ether oxygens (including phenoxy) is 2. The molecule has 0 bridgehead atoms. The first-order valence-corrected chi connectivity index (χ1v) is 5.78. The van der Waals surface area contributed by atoms with Crippen molar-refractivity contribution < 1.29 is 14.3 Å². The van der Waals surface area contributed by atoms with E-state index in [2.05, 4.69) is 0 Å². The molecule has 0 radical (unpaired) electrons. The summed E-state index contributed by atoms with van der Waals surface area (Å²) in [7, 11) is 1.40. The fourth-order valence-electron chi connectivity index (χ4n) is 1.76. The molecule has 5 heteroatoms. The first-order valence-electron chi connectivity index (χ1n) is 5.78. The summed E-state index contributed by atoms with van der Waals surface area (Å²) in [4.78, 5) is 11.7. The Hall–Kier alpha value is -2.53. The lowest BCUT2D eigenvalue weighted by atomic mass is 9.95. The molecule has 19 heavy (non-hydrogen) atoms. The third-order valence-corrected chi connectivity index (χ3v) is 2.73. The van der Waals surface area contributed by atoms with Crippen LogP contribution in [0, 0.1) is 22.7 Å². The topological polar surface area (TPSA) is 83.1 Å². The van der Waals surface area contributed by atoms with Crippen LogP contribution in [0.25, 0.3) is 0 Å². The van der Waals surface area contributed by atoms with Crippen molar-refractivity contribution in [3.63, 3.8) is 0 Å². The van der Waals surface area contributed by atoms with Gasteiger partial charge in [0.2, 0.25) is 0 Å². The average molecular weight is 258 g/mol. The predicted octanol–water partition coefficient (Wildman–Crippen LogP) is 2.11. The minimum absolute atomic E-state index is 0.138. The molecule has 1 aromatic rings. The highest BCUT2D eigenvalue weighted by Crippen LogP contribution is 2.32. The summed E-state index contributed by atoms with van der Waals surface area (Å²) in [5.41, 5.74) is 0.898. The molecule has 1 atom stereocenters. The molecule has 0 heterocycles. The second kappa shape index (κ2) is 6.42. The molecule has 0 saturated carbocycles. The summed E-state index contributed by atoms with van der Waals surface area (Å²) in [6, 6.07) is 6.97. The second-order valence-corrected chi connectivity index (χ2v) is 3.81. The van der Waals surface area contributed by atoms with E-state index in [1.165, 1.54) is 13.2 Å². The zero-order valence-corrected chi connectivity index (χ0v) is 11.1. The van der Waals surface area contributed by atoms with Crippen molar-refractivity contribution >= 4 is 5.97 Å². The minimum atomic E-state index is -0.560. The number of hydrogen-bond donors (Lipinski definition) is 0. The maximum Gasteiger partial charge on any atom is 0.313 e. The van der Waals surface area contributed by atoms with Gasteiger partial charge in [0.05, 0.1) is 25.2 Å². The summed E-state index contributed by atoms with van der Waals surface area (Å²) in [6.45, 7) is 3.68. The van der Waals surface area contributed by atoms with E-state index in [1.807, 2.05) is 12.1 Å². The van der Waals surface area contributed by atoms with Gasteiger partial charge >= 0.3 is 5.97 Å². The van der Waals surface area contributed by atoms with Crippen LogP contribution in [0.1, 0.15) is 36.5 Å². The standard InChI is InChI=1S/C14H14N2O3/c1-4-19-14(17)9(2)11-6-5-10(7-15)12(8-16)13(11)18-3/h5-6,9H,4H2,1-3H3. The van der Waals surface area contributed by atoms with Gasteiger partial charge in [-0.25, -0.2) is 0 Å². The predicted molar refractivity (Wildman–Crippen MR) is 67.5 cm³/mol. The molecule has 0 N–H and O–H groups in total. The molecule has 0 aliphatic rings. The van der Waals surface area contributed by atoms with Crippen molar-refractivity contribution in [3.05, 3.63) is 28.8 Å². The van der Waals surface area contributed by atoms with E-state index in [4.69, 9.17) is 20.0 Å². The Balaban J connectivity index is 3.35. The molecule has 1 unspecified atom stereocenters. The van der Waals surface area contributed by atoms with Crippen LogP contribution in [-0.4, -0.2) is 19.7 Å². The summed E-state index contributed by atoms with van der Waals surface area (Å²) in [5, 5.41) is 18.1. The number of hydrogen-bond acceptors (Lipinski definition) is 5. The van der Waals surface area contributed by atoms with Crippen molar-refractivity contribution in [1.82, 2.24) is 0 Å². The van der Waals surface area contributed by atoms with E-state index in [0.717, 1.165) is 0 Å². The molecular weight excluding hydrogens is 244 g/mol. The number of carbonyl (C=O) groups excluding carboxylic acids is 1. The van der Waals surface area contributed by atoms with Gasteiger partial charge in [-0.15, -0.1) is 0 Å². The molecule has 0 aliphatic heterocycles. The first-order chi connectivity index (χ1) is 9.10. The van der Waals surface area contributed by atoms with Crippen molar-refractivity contribution in [2.45, 2.75) is 19.8 Å². The van der Waals surface area contributed by atoms with Crippen LogP contribution in [0.2, 0.25) is 0 Å². The van der Waals surface area contributed by atoms with E-state index in [-0.39, 0.29) is 23.5 Å². The van der Waals surface area contributed by atoms with Gasteiger partial charge in [-0.3, -0.25) is 4.79 Å². The Morgan fingerprint density at radius 3 is 2.53 bits per heavy atom. The summed E-state index contributed by atoms with van der Waals surface area (Å²) in [6.07, 6.45) is 0. The van der Waals surface area contributed by atoms with Gasteiger partial charge in [0.25, 0.3) is 0 Å². The lowest BCUT2D eigenvalue weighted by Crippen LogP contribution is -2.14. The van der Waals surface area contributed by atoms with Crippen LogP contribution >= 0.6 is 0 Å². The Morgan fingerprint density at radius 2 is 2.05 bits per heavy atom. The van der Waals surface area contributed by atoms with Crippen LogP contribution in [-0.2, 0) is 9.53 Å². The summed E-state index contributed by atoms with van der Waals surface area (Å²) >= 11 is 0. The van der Waals surface area contributed by atoms with E-state index in [1.54, 1.807) is 19.9 Å². The number of rotatable bonds is 4. The Kier molecular flexibility index (Phi) is 4.91. The number of methoxy groups -OCH3 is 1. The minimum Gasteiger partial charge on any atom is -0.495 e. The molecule has 0 saturated heterocycles. The molecular formula is C14H14N2O3. The molecule has 0 aromatic heterocycles. The highest BCUT2D eigenvalue weighted by Gasteiger charge is 2.23. The smallest absolute Gasteiger partial charge is 0.313 e. The monoisotopic (exact) mass is 258 g/mol. The van der Waals surface area contributed by atoms with Gasteiger partial charge in [0.1, 0.15) is 23.5 Å². The Morgan fingerprint density at radius 1 is 1.37 bits per heavy atom. The van der Waals surface area contributed by atoms with E-state index < -0.39 is 11.9 Å². The number of carbonyl (C=O) groups is 1. The van der Waals surface area contributed by atoms with E-state index in [9.17, 15) is 4.79 Å². The van der Waals surface area contributed by atoms with Gasteiger partial charge < -0.3 is 9.47 Å². The highest BCUT2D eigenvalue weighted by atomic mass is 16.5. The molecule has 5 nitrogen and oxygen atoms in total. The SMILES string of the molecule is CCOC(=O)C(C)c1ccc(C#N)c(C#N)c1OC. The van der Waals surface area contributed by atoms with Crippen molar-refractivity contribution in [2.24, 2.45) is 0 Å². The average Bonchev–Trinajstić information content (AvgIpc) is 2.44. The molecule has 1 rings (SSSR count). The van der Waals surface area contributed by atoms with E-state index >= 15 is 0 Å². The third kappa shape index (κ3) is 2.83. The fraction of sp³-hybridized carbons (Fsp3) is 0.357. The highest BCUT2D eigenvalue weighted by molar-refractivity contribution is 5.79. The fourth-order valence-corrected chi connectivity index (χ4v) is 1.76. The third-order valence-electron chi connectivity index (χ3n) is 2.73. The zero-order valence-electron chi connectivity index (χ0n) is 11.1. The molecule has 1 aromatic carbocycles. The van der Waals surface area contributed by atoms with Crippen LogP contribution in [0.4, 0.5) is 0 Å². The molecule has 0 amide bonds. The molecule has 98 valence electrons.